The number of pyridine rings is 2. The van der Waals surface area contributed by atoms with Gasteiger partial charge in [-0.3, -0.25) is 29.2 Å². The molecule has 6 rings (SSSR count). The van der Waals surface area contributed by atoms with Crippen molar-refractivity contribution in [3.8, 4) is 39.8 Å². The highest BCUT2D eigenvalue weighted by molar-refractivity contribution is 7.86. The van der Waals surface area contributed by atoms with Gasteiger partial charge in [-0.2, -0.15) is 13.5 Å². The first-order valence-electron chi connectivity index (χ1n) is 26.9. The van der Waals surface area contributed by atoms with Crippen molar-refractivity contribution in [1.82, 2.24) is 25.9 Å². The van der Waals surface area contributed by atoms with Gasteiger partial charge in [0.15, 0.2) is 0 Å². The number of benzene rings is 4. The van der Waals surface area contributed by atoms with Crippen LogP contribution in [0.3, 0.4) is 0 Å². The lowest BCUT2D eigenvalue weighted by atomic mass is 10.0. The molecule has 0 spiro atoms. The van der Waals surface area contributed by atoms with Gasteiger partial charge in [0, 0.05) is 54.9 Å². The number of carboxylic acids is 1. The van der Waals surface area contributed by atoms with E-state index in [9.17, 15) is 57.7 Å². The second-order valence-electron chi connectivity index (χ2n) is 19.0. The molecule has 0 aliphatic rings. The molecule has 0 radical (unpaired) electrons. The summed E-state index contributed by atoms with van der Waals surface area (Å²) in [5.74, 6) is -1.19. The minimum Gasteiger partial charge on any atom is -0.493 e. The largest absolute Gasteiger partial charge is 0.493 e. The highest BCUT2D eigenvalue weighted by Crippen LogP contribution is 2.32. The Morgan fingerprint density at radius 2 is 1.33 bits per heavy atom. The zero-order valence-electron chi connectivity index (χ0n) is 45.3. The Hall–Kier alpha value is -8.36. The van der Waals surface area contributed by atoms with Crippen molar-refractivity contribution in [3.63, 3.8) is 0 Å². The molecule has 442 valence electrons. The molecule has 3 amide bonds. The van der Waals surface area contributed by atoms with Crippen LogP contribution in [0.25, 0.3) is 22.4 Å². The van der Waals surface area contributed by atoms with Crippen LogP contribution in [0.5, 0.6) is 17.4 Å². The quantitative estimate of drug-likeness (QED) is 0.0112. The number of unbranched alkanes of at least 4 members (excludes halogenated alkanes) is 2. The number of hydrogen-bond donors (Lipinski definition) is 11. The number of aliphatic hydroxyl groups is 5. The number of ether oxygens (including phenoxy) is 3. The monoisotopic (exact) mass is 1160 g/mol. The summed E-state index contributed by atoms with van der Waals surface area (Å²) in [7, 11) is -4.52. The van der Waals surface area contributed by atoms with E-state index >= 15 is 0 Å². The molecule has 2 heterocycles. The van der Waals surface area contributed by atoms with E-state index in [4.69, 9.17) is 24.3 Å². The molecular weight excluding hydrogens is 1090 g/mol. The highest BCUT2D eigenvalue weighted by Gasteiger charge is 2.31. The Balaban J connectivity index is 0.953. The van der Waals surface area contributed by atoms with Gasteiger partial charge in [-0.15, -0.1) is 0 Å². The predicted octanol–water partition coefficient (Wildman–Crippen LogP) is 4.55. The SMILES string of the molecule is O=C(O)CCc1c(OCCCCOc2cc(-c3ccccc3)cc(-c3ccccc3)n2)cccc1OCCCC(=O)NCCCCC(NC(=O)c1ccc(N/N=C/c2ccccc2S(=O)(=O)O)nc1)C(=O)NCC(O)C(O)C(O)C(O)CO. The van der Waals surface area contributed by atoms with Crippen LogP contribution in [0.2, 0.25) is 0 Å². The number of carbonyl (C=O) groups is 4. The third kappa shape index (κ3) is 20.8. The second kappa shape index (κ2) is 32.9. The van der Waals surface area contributed by atoms with Gasteiger partial charge in [-0.1, -0.05) is 84.9 Å². The summed E-state index contributed by atoms with van der Waals surface area (Å²) in [4.78, 5) is 59.8. The maximum absolute atomic E-state index is 13.4. The Bertz CT molecular complexity index is 3120. The summed E-state index contributed by atoms with van der Waals surface area (Å²) in [6.45, 7) is -0.451. The fraction of sp³-hybridized carbons (Fsp3) is 0.339. The molecule has 5 unspecified atom stereocenters. The summed E-state index contributed by atoms with van der Waals surface area (Å²) in [5, 5.41) is 70.8. The number of nitrogens with zero attached hydrogens (tertiary/aromatic N) is 3. The number of carbonyl (C=O) groups excluding carboxylic acids is 3. The molecule has 0 bridgehead atoms. The van der Waals surface area contributed by atoms with E-state index in [0.717, 1.165) is 28.6 Å². The first-order valence-corrected chi connectivity index (χ1v) is 28.3. The molecule has 4 aromatic carbocycles. The van der Waals surface area contributed by atoms with Crippen molar-refractivity contribution < 1.29 is 77.0 Å². The fourth-order valence-electron chi connectivity index (χ4n) is 8.30. The van der Waals surface area contributed by atoms with Gasteiger partial charge >= 0.3 is 5.97 Å². The lowest BCUT2D eigenvalue weighted by Crippen LogP contribution is -2.52. The van der Waals surface area contributed by atoms with Gasteiger partial charge in [-0.05, 0) is 92.5 Å². The average Bonchev–Trinajstić information content (AvgIpc) is 3.67. The molecule has 0 aliphatic carbocycles. The van der Waals surface area contributed by atoms with Crippen LogP contribution in [0, 0.1) is 0 Å². The maximum Gasteiger partial charge on any atom is 0.303 e. The Morgan fingerprint density at radius 3 is 1.99 bits per heavy atom. The smallest absolute Gasteiger partial charge is 0.303 e. The zero-order chi connectivity index (χ0) is 59.6. The Kier molecular flexibility index (Phi) is 25.3. The van der Waals surface area contributed by atoms with Gasteiger partial charge in [-0.25, -0.2) is 9.97 Å². The first-order chi connectivity index (χ1) is 40.0. The minimum absolute atomic E-state index is 0.0195. The molecule has 0 aliphatic heterocycles. The van der Waals surface area contributed by atoms with E-state index in [0.29, 0.717) is 68.3 Å². The summed E-state index contributed by atoms with van der Waals surface area (Å²) < 4.78 is 51.2. The number of aliphatic carboxylic acids is 1. The highest BCUT2D eigenvalue weighted by atomic mass is 32.2. The van der Waals surface area contributed by atoms with Gasteiger partial charge in [0.2, 0.25) is 17.7 Å². The van der Waals surface area contributed by atoms with Crippen LogP contribution in [-0.2, 0) is 30.9 Å². The molecule has 11 N–H and O–H groups in total. The number of hydrazone groups is 1. The third-order valence-corrected chi connectivity index (χ3v) is 13.7. The number of hydrogen-bond acceptors (Lipinski definition) is 18. The topological polar surface area (TPSA) is 358 Å². The molecule has 83 heavy (non-hydrogen) atoms. The van der Waals surface area contributed by atoms with Crippen molar-refractivity contribution in [2.45, 2.75) is 93.1 Å². The second-order valence-corrected chi connectivity index (χ2v) is 20.4. The number of anilines is 1. The number of carboxylic acid groups (broad SMARTS) is 1. The van der Waals surface area contributed by atoms with Gasteiger partial charge in [0.1, 0.15) is 46.6 Å². The maximum atomic E-state index is 13.4. The number of nitrogens with one attached hydrogen (secondary N) is 4. The van der Waals surface area contributed by atoms with Gasteiger partial charge in [0.25, 0.3) is 16.0 Å². The molecule has 0 fully saturated rings. The van der Waals surface area contributed by atoms with E-state index in [-0.39, 0.29) is 66.6 Å². The van der Waals surface area contributed by atoms with Crippen LogP contribution in [0.4, 0.5) is 5.82 Å². The van der Waals surface area contributed by atoms with Crippen molar-refractivity contribution in [2.75, 3.05) is 44.9 Å². The van der Waals surface area contributed by atoms with Crippen LogP contribution in [-0.4, -0.2) is 153 Å². The number of amides is 3. The first kappa shape index (κ1) is 63.8. The summed E-state index contributed by atoms with van der Waals surface area (Å²) >= 11 is 0. The molecule has 0 saturated carbocycles. The Labute approximate surface area is 480 Å². The molecular formula is C59H69N7O16S. The van der Waals surface area contributed by atoms with E-state index in [2.05, 4.69) is 31.5 Å². The summed E-state index contributed by atoms with van der Waals surface area (Å²) in [6.07, 6.45) is -2.71. The zero-order valence-corrected chi connectivity index (χ0v) is 46.1. The van der Waals surface area contributed by atoms with E-state index in [1.807, 2.05) is 72.8 Å². The summed E-state index contributed by atoms with van der Waals surface area (Å²) in [6, 6.07) is 36.2. The van der Waals surface area contributed by atoms with Crippen molar-refractivity contribution in [2.24, 2.45) is 5.10 Å². The molecule has 6 aromatic rings. The van der Waals surface area contributed by atoms with E-state index < -0.39 is 71.5 Å². The van der Waals surface area contributed by atoms with Crippen molar-refractivity contribution >= 4 is 45.8 Å². The minimum atomic E-state index is -4.52. The number of aliphatic hydroxyl groups excluding tert-OH is 5. The van der Waals surface area contributed by atoms with Crippen LogP contribution < -0.4 is 35.6 Å². The van der Waals surface area contributed by atoms with Crippen LogP contribution in [0.15, 0.2) is 144 Å². The van der Waals surface area contributed by atoms with Crippen LogP contribution in [0.1, 0.15) is 72.9 Å². The molecule has 24 heteroatoms. The molecule has 0 saturated heterocycles. The fourth-order valence-corrected chi connectivity index (χ4v) is 8.97. The normalized spacial score (nSPS) is 13.2. The Morgan fingerprint density at radius 1 is 0.675 bits per heavy atom. The standard InChI is InChI=1S/C59H69N7O16S/c67-38-48(69)57(74)56(73)47(68)37-62-59(76)45(65-58(75)42-25-27-52(61-35-42)66-63-36-41-19-7-8-23-51(41)83(77,78)79)20-9-10-29-60-53(70)24-14-32-81-50-22-13-21-49(44(50)26-28-55(71)72)80-30-11-12-31-82-54-34-43(39-15-3-1-4-16-39)33-46(64-54)40-17-5-2-6-18-40/h1-8,13,15-19,21-23,25,27,33-36,45,47-48,56-57,67-69,73-74H,9-12,14,20,24,26,28-32,37-38H2,(H,60,70)(H,61,66)(H,62,76)(H,65,75)(H,71,72)(H,77,78,79)/b63-36+. The van der Waals surface area contributed by atoms with Crippen molar-refractivity contribution in [1.29, 1.82) is 0 Å². The van der Waals surface area contributed by atoms with Crippen molar-refractivity contribution in [3.05, 3.63) is 150 Å². The molecule has 2 aromatic heterocycles. The predicted molar refractivity (Wildman–Crippen MR) is 306 cm³/mol. The van der Waals surface area contributed by atoms with Crippen LogP contribution >= 0.6 is 0 Å². The number of aromatic nitrogens is 2. The lowest BCUT2D eigenvalue weighted by molar-refractivity contribution is -0.137. The van der Waals surface area contributed by atoms with Gasteiger partial charge < -0.3 is 60.8 Å². The van der Waals surface area contributed by atoms with E-state index in [1.54, 1.807) is 24.3 Å². The number of rotatable bonds is 35. The molecule has 5 atom stereocenters. The summed E-state index contributed by atoms with van der Waals surface area (Å²) in [5.41, 5.74) is 7.08. The van der Waals surface area contributed by atoms with Gasteiger partial charge in [0.05, 0.1) is 50.0 Å². The molecule has 23 nitrogen and oxygen atoms in total. The van der Waals surface area contributed by atoms with E-state index in [1.165, 1.54) is 36.5 Å². The third-order valence-electron chi connectivity index (χ3n) is 12.8. The lowest BCUT2D eigenvalue weighted by Gasteiger charge is -2.26. The average molecular weight is 1160 g/mol.